The molecule has 0 radical (unpaired) electrons. The van der Waals surface area contributed by atoms with E-state index in [1.807, 2.05) is 12.4 Å². The zero-order valence-corrected chi connectivity index (χ0v) is 19.4. The summed E-state index contributed by atoms with van der Waals surface area (Å²) in [5.74, 6) is 1.92. The lowest BCUT2D eigenvalue weighted by molar-refractivity contribution is -0.134. The number of rotatable bonds is 4. The van der Waals surface area contributed by atoms with Crippen LogP contribution in [0.3, 0.4) is 0 Å². The van der Waals surface area contributed by atoms with Crippen molar-refractivity contribution in [2.24, 2.45) is 11.8 Å². The fourth-order valence-electron chi connectivity index (χ4n) is 6.01. The molecule has 3 atom stereocenters. The van der Waals surface area contributed by atoms with Gasteiger partial charge in [0.15, 0.2) is 0 Å². The van der Waals surface area contributed by atoms with Crippen LogP contribution in [0.5, 0.6) is 0 Å². The summed E-state index contributed by atoms with van der Waals surface area (Å²) in [7, 11) is 0. The molecule has 3 aliphatic rings. The smallest absolute Gasteiger partial charge is 0.236 e. The summed E-state index contributed by atoms with van der Waals surface area (Å²) in [6.45, 7) is 10.9. The Balaban J connectivity index is 1.14. The second-order valence-electron chi connectivity index (χ2n) is 10.1. The molecule has 1 amide bonds. The predicted molar refractivity (Wildman–Crippen MR) is 126 cm³/mol. The monoisotopic (exact) mass is 433 g/mol. The maximum atomic E-state index is 13.0. The molecule has 1 aromatic heterocycles. The minimum absolute atomic E-state index is 0.291. The largest absolute Gasteiger partial charge is 0.339 e. The summed E-state index contributed by atoms with van der Waals surface area (Å²) >= 11 is 0. The molecule has 6 heteroatoms. The van der Waals surface area contributed by atoms with Gasteiger partial charge in [-0.15, -0.1) is 0 Å². The molecule has 2 fully saturated rings. The number of aromatic nitrogens is 2. The van der Waals surface area contributed by atoms with E-state index < -0.39 is 0 Å². The second kappa shape index (κ2) is 9.28. The SMILES string of the molecule is C[C@@H]1CC(N2CCN(C(=O)CN3CCc4cc(-c5cncnc5)ccc4C3)CC2)[C@H](C)C1. The lowest BCUT2D eigenvalue weighted by Crippen LogP contribution is -2.54. The molecule has 1 unspecified atom stereocenters. The van der Waals surface area contributed by atoms with Crippen molar-refractivity contribution in [2.75, 3.05) is 39.3 Å². The third kappa shape index (κ3) is 4.57. The number of fused-ring (bicyclic) bond motifs is 1. The molecule has 2 aromatic rings. The van der Waals surface area contributed by atoms with E-state index >= 15 is 0 Å². The van der Waals surface area contributed by atoms with Gasteiger partial charge in [-0.05, 0) is 47.8 Å². The Labute approximate surface area is 191 Å². The minimum Gasteiger partial charge on any atom is -0.339 e. The minimum atomic E-state index is 0.291. The number of carbonyl (C=O) groups is 1. The van der Waals surface area contributed by atoms with E-state index in [4.69, 9.17) is 0 Å². The number of hydrogen-bond acceptors (Lipinski definition) is 5. The van der Waals surface area contributed by atoms with Gasteiger partial charge in [0.2, 0.25) is 5.91 Å². The van der Waals surface area contributed by atoms with E-state index in [9.17, 15) is 4.79 Å². The summed E-state index contributed by atoms with van der Waals surface area (Å²) in [6, 6.07) is 7.33. The number of benzene rings is 1. The van der Waals surface area contributed by atoms with E-state index in [1.54, 1.807) is 6.33 Å². The summed E-state index contributed by atoms with van der Waals surface area (Å²) in [6.07, 6.45) is 8.93. The standard InChI is InChI=1S/C26H35N5O/c1-19-11-20(2)25(12-19)30-7-9-31(10-8-30)26(32)17-29-6-5-22-13-21(3-4-23(22)16-29)24-14-27-18-28-15-24/h3-4,13-15,18-20,25H,5-12,16-17H2,1-2H3/t19-,20+,25?/m0/s1. The third-order valence-electron chi connectivity index (χ3n) is 7.76. The first kappa shape index (κ1) is 21.5. The van der Waals surface area contributed by atoms with Gasteiger partial charge in [0.1, 0.15) is 6.33 Å². The highest BCUT2D eigenvalue weighted by atomic mass is 16.2. The quantitative estimate of drug-likeness (QED) is 0.742. The molecule has 32 heavy (non-hydrogen) atoms. The van der Waals surface area contributed by atoms with Crippen LogP contribution >= 0.6 is 0 Å². The van der Waals surface area contributed by atoms with Crippen LogP contribution < -0.4 is 0 Å². The van der Waals surface area contributed by atoms with Crippen LogP contribution in [0, 0.1) is 11.8 Å². The van der Waals surface area contributed by atoms with Crippen LogP contribution in [0.2, 0.25) is 0 Å². The normalized spacial score (nSPS) is 26.8. The molecule has 3 heterocycles. The molecule has 1 aromatic carbocycles. The van der Waals surface area contributed by atoms with Crippen LogP contribution in [0.1, 0.15) is 37.8 Å². The molecule has 170 valence electrons. The number of hydrogen-bond donors (Lipinski definition) is 0. The number of amides is 1. The van der Waals surface area contributed by atoms with Crippen LogP contribution in [0.15, 0.2) is 36.9 Å². The van der Waals surface area contributed by atoms with Gasteiger partial charge in [-0.1, -0.05) is 32.0 Å². The number of carbonyl (C=O) groups excluding carboxylic acids is 1. The van der Waals surface area contributed by atoms with Crippen molar-refractivity contribution in [3.63, 3.8) is 0 Å². The molecule has 1 aliphatic carbocycles. The van der Waals surface area contributed by atoms with Gasteiger partial charge in [0, 0.05) is 63.3 Å². The van der Waals surface area contributed by atoms with Crippen molar-refractivity contribution in [1.82, 2.24) is 24.7 Å². The maximum absolute atomic E-state index is 13.0. The molecular weight excluding hydrogens is 398 g/mol. The van der Waals surface area contributed by atoms with E-state index in [1.165, 1.54) is 24.0 Å². The van der Waals surface area contributed by atoms with Crippen LogP contribution in [0.25, 0.3) is 11.1 Å². The van der Waals surface area contributed by atoms with Crippen molar-refractivity contribution in [3.05, 3.63) is 48.0 Å². The average Bonchev–Trinajstić information content (AvgIpc) is 3.17. The molecule has 5 rings (SSSR count). The molecule has 0 N–H and O–H groups in total. The van der Waals surface area contributed by atoms with E-state index in [0.29, 0.717) is 18.5 Å². The molecule has 0 bridgehead atoms. The fraction of sp³-hybridized carbons (Fsp3) is 0.577. The lowest BCUT2D eigenvalue weighted by atomic mass is 9.95. The molecule has 1 saturated heterocycles. The van der Waals surface area contributed by atoms with Crippen molar-refractivity contribution >= 4 is 5.91 Å². The van der Waals surface area contributed by atoms with Crippen LogP contribution in [-0.2, 0) is 17.8 Å². The lowest BCUT2D eigenvalue weighted by Gasteiger charge is -2.40. The molecule has 0 spiro atoms. The van der Waals surface area contributed by atoms with Crippen molar-refractivity contribution < 1.29 is 4.79 Å². The number of nitrogens with zero attached hydrogens (tertiary/aromatic N) is 5. The van der Waals surface area contributed by atoms with Gasteiger partial charge >= 0.3 is 0 Å². The maximum Gasteiger partial charge on any atom is 0.236 e. The summed E-state index contributed by atoms with van der Waals surface area (Å²) in [4.78, 5) is 28.3. The summed E-state index contributed by atoms with van der Waals surface area (Å²) < 4.78 is 0. The Bertz CT molecular complexity index is 940. The van der Waals surface area contributed by atoms with Gasteiger partial charge in [0.25, 0.3) is 0 Å². The Kier molecular flexibility index (Phi) is 6.24. The van der Waals surface area contributed by atoms with Crippen molar-refractivity contribution in [3.8, 4) is 11.1 Å². The zero-order valence-electron chi connectivity index (χ0n) is 19.4. The molecule has 1 saturated carbocycles. The molecular formula is C26H35N5O. The highest BCUT2D eigenvalue weighted by Crippen LogP contribution is 2.34. The highest BCUT2D eigenvalue weighted by molar-refractivity contribution is 5.78. The molecule has 2 aliphatic heterocycles. The van der Waals surface area contributed by atoms with Gasteiger partial charge in [0.05, 0.1) is 6.54 Å². The van der Waals surface area contributed by atoms with Crippen molar-refractivity contribution in [2.45, 2.75) is 45.7 Å². The Morgan fingerprint density at radius 1 is 0.969 bits per heavy atom. The highest BCUT2D eigenvalue weighted by Gasteiger charge is 2.35. The second-order valence-corrected chi connectivity index (χ2v) is 10.1. The van der Waals surface area contributed by atoms with Gasteiger partial charge in [-0.2, -0.15) is 0 Å². The van der Waals surface area contributed by atoms with Crippen LogP contribution in [-0.4, -0.2) is 75.9 Å². The topological polar surface area (TPSA) is 52.6 Å². The Morgan fingerprint density at radius 3 is 2.47 bits per heavy atom. The van der Waals surface area contributed by atoms with Gasteiger partial charge in [-0.3, -0.25) is 14.6 Å². The summed E-state index contributed by atoms with van der Waals surface area (Å²) in [5, 5.41) is 0. The Hall–Kier alpha value is -2.31. The van der Waals surface area contributed by atoms with E-state index in [0.717, 1.165) is 68.7 Å². The fourth-order valence-corrected chi connectivity index (χ4v) is 6.01. The number of piperazine rings is 1. The summed E-state index contributed by atoms with van der Waals surface area (Å²) in [5.41, 5.74) is 4.92. The first-order valence-corrected chi connectivity index (χ1v) is 12.2. The third-order valence-corrected chi connectivity index (χ3v) is 7.76. The first-order valence-electron chi connectivity index (χ1n) is 12.2. The average molecular weight is 434 g/mol. The first-order chi connectivity index (χ1) is 15.6. The Morgan fingerprint density at radius 2 is 1.75 bits per heavy atom. The van der Waals surface area contributed by atoms with Gasteiger partial charge in [-0.25, -0.2) is 9.97 Å². The van der Waals surface area contributed by atoms with E-state index in [2.05, 4.69) is 56.7 Å². The van der Waals surface area contributed by atoms with Crippen molar-refractivity contribution in [1.29, 1.82) is 0 Å². The van der Waals surface area contributed by atoms with E-state index in [-0.39, 0.29) is 0 Å². The van der Waals surface area contributed by atoms with Gasteiger partial charge < -0.3 is 4.90 Å². The van der Waals surface area contributed by atoms with Crippen LogP contribution in [0.4, 0.5) is 0 Å². The predicted octanol–water partition coefficient (Wildman–Crippen LogP) is 3.08. The zero-order chi connectivity index (χ0) is 22.1. The molecule has 6 nitrogen and oxygen atoms in total.